The molecule has 2 atom stereocenters. The Hall–Kier alpha value is -2.22. The van der Waals surface area contributed by atoms with E-state index in [0.29, 0.717) is 38.7 Å². The molecule has 3 heterocycles. The molecule has 164 valence electrons. The average Bonchev–Trinajstić information content (AvgIpc) is 2.73. The van der Waals surface area contributed by atoms with Crippen molar-refractivity contribution in [3.8, 4) is 0 Å². The molecule has 0 radical (unpaired) electrons. The fourth-order valence-corrected chi connectivity index (χ4v) is 4.65. The summed E-state index contributed by atoms with van der Waals surface area (Å²) >= 11 is 0. The molecule has 3 fully saturated rings. The number of likely N-dealkylation sites (tertiary alicyclic amines) is 2. The van der Waals surface area contributed by atoms with Gasteiger partial charge in [-0.3, -0.25) is 0 Å². The Bertz CT molecular complexity index is 773. The molecule has 0 aliphatic carbocycles. The van der Waals surface area contributed by atoms with Crippen molar-refractivity contribution in [2.24, 2.45) is 5.92 Å². The number of hydrogen-bond acceptors (Lipinski definition) is 3. The van der Waals surface area contributed by atoms with E-state index in [-0.39, 0.29) is 18.2 Å². The Balaban J connectivity index is 1.26. The highest BCUT2D eigenvalue weighted by molar-refractivity contribution is 5.74. The van der Waals surface area contributed by atoms with E-state index in [4.69, 9.17) is 4.74 Å². The Kier molecular flexibility index (Phi) is 5.95. The van der Waals surface area contributed by atoms with Crippen molar-refractivity contribution in [3.05, 3.63) is 47.7 Å². The molecular formula is C22H28F3N3O2. The van der Waals surface area contributed by atoms with Gasteiger partial charge >= 0.3 is 12.2 Å². The number of fused-ring (bicyclic) bond motifs is 1. The fraction of sp³-hybridized carbons (Fsp3) is 0.591. The van der Waals surface area contributed by atoms with Crippen molar-refractivity contribution >= 4 is 6.03 Å². The number of nitrogens with zero attached hydrogens (tertiary/aromatic N) is 2. The van der Waals surface area contributed by atoms with E-state index < -0.39 is 11.7 Å². The summed E-state index contributed by atoms with van der Waals surface area (Å²) in [6.45, 7) is 7.13. The number of halogens is 3. The van der Waals surface area contributed by atoms with Crippen LogP contribution < -0.4 is 5.32 Å². The van der Waals surface area contributed by atoms with Gasteiger partial charge in [0.1, 0.15) is 0 Å². The fourth-order valence-electron chi connectivity index (χ4n) is 4.65. The van der Waals surface area contributed by atoms with Crippen molar-refractivity contribution in [2.45, 2.75) is 44.0 Å². The van der Waals surface area contributed by atoms with E-state index >= 15 is 0 Å². The molecule has 8 heteroatoms. The van der Waals surface area contributed by atoms with Crippen molar-refractivity contribution in [1.29, 1.82) is 0 Å². The number of hydrogen-bond donors (Lipinski definition) is 1. The lowest BCUT2D eigenvalue weighted by Crippen LogP contribution is -2.60. The summed E-state index contributed by atoms with van der Waals surface area (Å²) in [5.41, 5.74) is 1.16. The Morgan fingerprint density at radius 3 is 2.43 bits per heavy atom. The van der Waals surface area contributed by atoms with Gasteiger partial charge in [-0.05, 0) is 49.3 Å². The molecular weight excluding hydrogens is 395 g/mol. The molecule has 0 bridgehead atoms. The van der Waals surface area contributed by atoms with E-state index in [1.165, 1.54) is 0 Å². The van der Waals surface area contributed by atoms with E-state index in [1.54, 1.807) is 12.1 Å². The second-order valence-electron chi connectivity index (χ2n) is 8.55. The van der Waals surface area contributed by atoms with Crippen LogP contribution >= 0.6 is 0 Å². The monoisotopic (exact) mass is 423 g/mol. The largest absolute Gasteiger partial charge is 0.416 e. The molecule has 5 nitrogen and oxygen atoms in total. The highest BCUT2D eigenvalue weighted by Crippen LogP contribution is 2.30. The van der Waals surface area contributed by atoms with Gasteiger partial charge in [0.25, 0.3) is 0 Å². The molecule has 1 aromatic carbocycles. The third-order valence-electron chi connectivity index (χ3n) is 6.37. The predicted octanol–water partition coefficient (Wildman–Crippen LogP) is 3.66. The Labute approximate surface area is 174 Å². The summed E-state index contributed by atoms with van der Waals surface area (Å²) in [5.74, 6) is 0.383. The van der Waals surface area contributed by atoms with Gasteiger partial charge in [0.05, 0.1) is 24.3 Å². The van der Waals surface area contributed by atoms with Crippen LogP contribution in [0.15, 0.2) is 36.5 Å². The average molecular weight is 423 g/mol. The number of ether oxygens (including phenoxy) is 1. The van der Waals surface area contributed by atoms with Crippen LogP contribution in [-0.2, 0) is 17.3 Å². The van der Waals surface area contributed by atoms with Crippen LogP contribution in [0.5, 0.6) is 0 Å². The number of morpholine rings is 1. The van der Waals surface area contributed by atoms with Gasteiger partial charge in [-0.15, -0.1) is 0 Å². The number of piperidine rings is 2. The normalized spacial score (nSPS) is 25.6. The molecule has 3 saturated heterocycles. The van der Waals surface area contributed by atoms with Crippen molar-refractivity contribution in [2.75, 3.05) is 32.8 Å². The molecule has 3 aliphatic rings. The smallest absolute Gasteiger partial charge is 0.380 e. The van der Waals surface area contributed by atoms with Gasteiger partial charge in [-0.1, -0.05) is 18.7 Å². The van der Waals surface area contributed by atoms with E-state index in [9.17, 15) is 18.0 Å². The Morgan fingerprint density at radius 2 is 1.77 bits per heavy atom. The maximum Gasteiger partial charge on any atom is 0.416 e. The highest BCUT2D eigenvalue weighted by atomic mass is 19.4. The number of alkyl halides is 3. The lowest BCUT2D eigenvalue weighted by molar-refractivity contribution is -0.137. The van der Waals surface area contributed by atoms with Gasteiger partial charge in [-0.2, -0.15) is 13.2 Å². The summed E-state index contributed by atoms with van der Waals surface area (Å²) in [6, 6.07) is 5.60. The highest BCUT2D eigenvalue weighted by Gasteiger charge is 2.37. The number of urea groups is 1. The maximum absolute atomic E-state index is 13.0. The van der Waals surface area contributed by atoms with Crippen LogP contribution in [0.1, 0.15) is 30.4 Å². The molecule has 4 rings (SSSR count). The third kappa shape index (κ3) is 4.74. The molecule has 3 aliphatic heterocycles. The minimum Gasteiger partial charge on any atom is -0.380 e. The second kappa shape index (κ2) is 8.49. The zero-order valence-electron chi connectivity index (χ0n) is 17.0. The number of amides is 2. The van der Waals surface area contributed by atoms with Crippen LogP contribution in [-0.4, -0.2) is 60.8 Å². The predicted molar refractivity (Wildman–Crippen MR) is 107 cm³/mol. The van der Waals surface area contributed by atoms with Crippen LogP contribution in [0.4, 0.5) is 18.0 Å². The first-order chi connectivity index (χ1) is 14.3. The van der Waals surface area contributed by atoms with Gasteiger partial charge in [-0.25, -0.2) is 4.79 Å². The number of carbonyl (C=O) groups excluding carboxylic acids is 1. The molecule has 2 amide bonds. The molecule has 2 unspecified atom stereocenters. The molecule has 1 N–H and O–H groups in total. The molecule has 0 aromatic heterocycles. The summed E-state index contributed by atoms with van der Waals surface area (Å²) in [7, 11) is 0. The first-order valence-electron chi connectivity index (χ1n) is 10.6. The first-order valence-corrected chi connectivity index (χ1v) is 10.6. The third-order valence-corrected chi connectivity index (χ3v) is 6.37. The van der Waals surface area contributed by atoms with E-state index in [0.717, 1.165) is 49.1 Å². The summed E-state index contributed by atoms with van der Waals surface area (Å²) < 4.78 is 43.9. The summed E-state index contributed by atoms with van der Waals surface area (Å²) in [6.07, 6.45) is -0.868. The number of rotatable bonds is 2. The van der Waals surface area contributed by atoms with Gasteiger partial charge < -0.3 is 19.9 Å². The first kappa shape index (κ1) is 21.0. The quantitative estimate of drug-likeness (QED) is 0.790. The lowest BCUT2D eigenvalue weighted by Gasteiger charge is -2.44. The summed E-state index contributed by atoms with van der Waals surface area (Å²) in [4.78, 5) is 16.8. The minimum atomic E-state index is -4.30. The molecule has 0 saturated carbocycles. The molecule has 1 aromatic rings. The number of benzene rings is 1. The van der Waals surface area contributed by atoms with Crippen LogP contribution in [0.25, 0.3) is 0 Å². The van der Waals surface area contributed by atoms with Gasteiger partial charge in [0, 0.05) is 31.9 Å². The zero-order valence-corrected chi connectivity index (χ0v) is 17.0. The number of carbonyl (C=O) groups is 1. The molecule has 30 heavy (non-hydrogen) atoms. The molecule has 0 spiro atoms. The zero-order chi connectivity index (χ0) is 21.3. The van der Waals surface area contributed by atoms with Gasteiger partial charge in [0.2, 0.25) is 0 Å². The standard InChI is InChI=1S/C22H28F3N3O2/c1-15-14-30-20-8-11-28(13-19(20)26-15)21(29)27-9-6-17(7-10-27)12-16-2-4-18(5-3-16)22(23,24)25/h2-5,17,19-20,26H,1,6-14H2. The lowest BCUT2D eigenvalue weighted by atomic mass is 9.90. The maximum atomic E-state index is 13.0. The van der Waals surface area contributed by atoms with Crippen molar-refractivity contribution in [3.63, 3.8) is 0 Å². The second-order valence-corrected chi connectivity index (χ2v) is 8.55. The van der Waals surface area contributed by atoms with E-state index in [2.05, 4.69) is 11.9 Å². The summed E-state index contributed by atoms with van der Waals surface area (Å²) in [5, 5.41) is 3.35. The van der Waals surface area contributed by atoms with Crippen molar-refractivity contribution < 1.29 is 22.7 Å². The van der Waals surface area contributed by atoms with E-state index in [1.807, 2.05) is 9.80 Å². The van der Waals surface area contributed by atoms with Crippen LogP contribution in [0.2, 0.25) is 0 Å². The topological polar surface area (TPSA) is 44.8 Å². The Morgan fingerprint density at radius 1 is 1.10 bits per heavy atom. The van der Waals surface area contributed by atoms with Crippen molar-refractivity contribution in [1.82, 2.24) is 15.1 Å². The SMILES string of the molecule is C=C1COC2CCN(C(=O)N3CCC(Cc4ccc(C(F)(F)F)cc4)CC3)CC2N1. The van der Waals surface area contributed by atoms with Crippen LogP contribution in [0, 0.1) is 5.92 Å². The minimum absolute atomic E-state index is 0.0689. The number of nitrogens with one attached hydrogen (secondary N) is 1. The van der Waals surface area contributed by atoms with Gasteiger partial charge in [0.15, 0.2) is 0 Å². The van der Waals surface area contributed by atoms with Crippen LogP contribution in [0.3, 0.4) is 0 Å².